The second kappa shape index (κ2) is 4.23. The highest BCUT2D eigenvalue weighted by atomic mass is 15.1. The largest absolute Gasteiger partial charge is 0.374 e. The number of rotatable bonds is 3. The van der Waals surface area contributed by atoms with Crippen LogP contribution < -0.4 is 10.6 Å². The van der Waals surface area contributed by atoms with Gasteiger partial charge >= 0.3 is 0 Å². The van der Waals surface area contributed by atoms with Gasteiger partial charge in [-0.15, -0.1) is 0 Å². The maximum absolute atomic E-state index is 5.97. The predicted octanol–water partition coefficient (Wildman–Crippen LogP) is 1.96. The monoisotopic (exact) mass is 204 g/mol. The van der Waals surface area contributed by atoms with Crippen LogP contribution in [0.4, 0.5) is 5.69 Å². The molecular formula is C13H20N2. The molecule has 1 aromatic rings. The van der Waals surface area contributed by atoms with Gasteiger partial charge in [0.2, 0.25) is 0 Å². The molecule has 2 rings (SSSR count). The fraction of sp³-hybridized carbons (Fsp3) is 0.538. The molecule has 0 saturated carbocycles. The van der Waals surface area contributed by atoms with Gasteiger partial charge in [-0.2, -0.15) is 0 Å². The lowest BCUT2D eigenvalue weighted by atomic mass is 10.0. The smallest absolute Gasteiger partial charge is 0.0397 e. The summed E-state index contributed by atoms with van der Waals surface area (Å²) in [4.78, 5) is 2.32. The van der Waals surface area contributed by atoms with Gasteiger partial charge in [0, 0.05) is 25.3 Å². The average Bonchev–Trinajstić information content (AvgIpc) is 2.60. The second-order valence-electron chi connectivity index (χ2n) is 4.51. The third kappa shape index (κ3) is 2.15. The molecule has 0 aliphatic carbocycles. The summed E-state index contributed by atoms with van der Waals surface area (Å²) < 4.78 is 0. The fourth-order valence-corrected chi connectivity index (χ4v) is 2.19. The fourth-order valence-electron chi connectivity index (χ4n) is 2.19. The van der Waals surface area contributed by atoms with Crippen molar-refractivity contribution in [3.8, 4) is 0 Å². The van der Waals surface area contributed by atoms with Crippen molar-refractivity contribution in [3.63, 3.8) is 0 Å². The Morgan fingerprint density at radius 2 is 2.27 bits per heavy atom. The highest BCUT2D eigenvalue weighted by Crippen LogP contribution is 2.27. The third-order valence-electron chi connectivity index (χ3n) is 3.29. The summed E-state index contributed by atoms with van der Waals surface area (Å²) in [5.74, 6) is 0. The molecule has 1 aliphatic heterocycles. The van der Waals surface area contributed by atoms with E-state index in [1.54, 1.807) is 0 Å². The average molecular weight is 204 g/mol. The first-order valence-corrected chi connectivity index (χ1v) is 5.79. The summed E-state index contributed by atoms with van der Waals surface area (Å²) >= 11 is 0. The van der Waals surface area contributed by atoms with E-state index >= 15 is 0 Å². The molecule has 0 saturated heterocycles. The molecule has 1 unspecified atom stereocenters. The van der Waals surface area contributed by atoms with Crippen LogP contribution in [0.3, 0.4) is 0 Å². The van der Waals surface area contributed by atoms with Gasteiger partial charge < -0.3 is 10.6 Å². The van der Waals surface area contributed by atoms with Crippen molar-refractivity contribution in [2.75, 3.05) is 18.5 Å². The molecule has 82 valence electrons. The van der Waals surface area contributed by atoms with Crippen LogP contribution in [0.1, 0.15) is 24.5 Å². The number of hydrogen-bond donors (Lipinski definition) is 1. The van der Waals surface area contributed by atoms with Gasteiger partial charge in [-0.3, -0.25) is 0 Å². The van der Waals surface area contributed by atoms with Crippen LogP contribution in [-0.4, -0.2) is 19.6 Å². The van der Waals surface area contributed by atoms with E-state index in [4.69, 9.17) is 5.73 Å². The zero-order chi connectivity index (χ0) is 10.8. The molecular weight excluding hydrogens is 184 g/mol. The van der Waals surface area contributed by atoms with Gasteiger partial charge in [0.25, 0.3) is 0 Å². The Bertz CT molecular complexity index is 346. The minimum Gasteiger partial charge on any atom is -0.374 e. The highest BCUT2D eigenvalue weighted by Gasteiger charge is 2.15. The third-order valence-corrected chi connectivity index (χ3v) is 3.29. The lowest BCUT2D eigenvalue weighted by Gasteiger charge is -2.13. The molecule has 0 bridgehead atoms. The lowest BCUT2D eigenvalue weighted by molar-refractivity contribution is 0.646. The Labute approximate surface area is 92.1 Å². The molecule has 0 radical (unpaired) electrons. The van der Waals surface area contributed by atoms with E-state index in [1.165, 1.54) is 23.2 Å². The molecule has 0 aromatic heterocycles. The van der Waals surface area contributed by atoms with Crippen molar-refractivity contribution in [3.05, 3.63) is 29.3 Å². The second-order valence-corrected chi connectivity index (χ2v) is 4.51. The molecule has 2 N–H and O–H groups in total. The van der Waals surface area contributed by atoms with E-state index in [-0.39, 0.29) is 0 Å². The first-order valence-electron chi connectivity index (χ1n) is 5.79. The summed E-state index contributed by atoms with van der Waals surface area (Å²) in [7, 11) is 2.16. The maximum atomic E-state index is 5.97. The number of hydrogen-bond acceptors (Lipinski definition) is 2. The van der Waals surface area contributed by atoms with Crippen LogP contribution in [0.25, 0.3) is 0 Å². The number of likely N-dealkylation sites (N-methyl/N-ethyl adjacent to an activating group) is 1. The van der Waals surface area contributed by atoms with Crippen LogP contribution in [0.5, 0.6) is 0 Å². The first kappa shape index (κ1) is 10.5. The molecule has 1 aromatic carbocycles. The molecule has 0 amide bonds. The van der Waals surface area contributed by atoms with Gasteiger partial charge in [-0.05, 0) is 36.5 Å². The molecule has 1 aliphatic rings. The quantitative estimate of drug-likeness (QED) is 0.815. The molecule has 2 heteroatoms. The molecule has 0 fully saturated rings. The Morgan fingerprint density at radius 3 is 3.00 bits per heavy atom. The zero-order valence-corrected chi connectivity index (χ0v) is 9.66. The van der Waals surface area contributed by atoms with Crippen molar-refractivity contribution in [1.82, 2.24) is 0 Å². The molecule has 15 heavy (non-hydrogen) atoms. The lowest BCUT2D eigenvalue weighted by Crippen LogP contribution is -2.21. The van der Waals surface area contributed by atoms with Gasteiger partial charge in [-0.1, -0.05) is 19.1 Å². The number of fused-ring (bicyclic) bond motifs is 1. The topological polar surface area (TPSA) is 29.3 Å². The zero-order valence-electron chi connectivity index (χ0n) is 9.66. The van der Waals surface area contributed by atoms with E-state index in [0.29, 0.717) is 6.04 Å². The Kier molecular flexibility index (Phi) is 2.96. The Hall–Kier alpha value is -1.02. The number of anilines is 1. The highest BCUT2D eigenvalue weighted by molar-refractivity contribution is 5.58. The van der Waals surface area contributed by atoms with Crippen LogP contribution in [0, 0.1) is 0 Å². The van der Waals surface area contributed by atoms with Crippen LogP contribution >= 0.6 is 0 Å². The van der Waals surface area contributed by atoms with Crippen LogP contribution in [0.15, 0.2) is 18.2 Å². The minimum absolute atomic E-state index is 0.308. The number of benzene rings is 1. The minimum atomic E-state index is 0.308. The van der Waals surface area contributed by atoms with E-state index in [9.17, 15) is 0 Å². The SMILES string of the molecule is CCC(N)Cc1ccc2c(c1)CCN2C. The molecule has 0 spiro atoms. The molecule has 1 heterocycles. The summed E-state index contributed by atoms with van der Waals surface area (Å²) in [6, 6.07) is 7.09. The predicted molar refractivity (Wildman–Crippen MR) is 65.4 cm³/mol. The summed E-state index contributed by atoms with van der Waals surface area (Å²) in [5, 5.41) is 0. The summed E-state index contributed by atoms with van der Waals surface area (Å²) in [5.41, 5.74) is 10.2. The van der Waals surface area contributed by atoms with Crippen molar-refractivity contribution in [1.29, 1.82) is 0 Å². The van der Waals surface area contributed by atoms with Crippen LogP contribution in [-0.2, 0) is 12.8 Å². The van der Waals surface area contributed by atoms with Crippen molar-refractivity contribution in [2.45, 2.75) is 32.2 Å². The number of nitrogens with two attached hydrogens (primary N) is 1. The Morgan fingerprint density at radius 1 is 1.47 bits per heavy atom. The van der Waals surface area contributed by atoms with Crippen LogP contribution in [0.2, 0.25) is 0 Å². The summed E-state index contributed by atoms with van der Waals surface area (Å²) in [6.45, 7) is 3.30. The maximum Gasteiger partial charge on any atom is 0.0397 e. The van der Waals surface area contributed by atoms with Gasteiger partial charge in [0.05, 0.1) is 0 Å². The van der Waals surface area contributed by atoms with E-state index in [2.05, 4.69) is 37.1 Å². The normalized spacial score (nSPS) is 16.6. The van der Waals surface area contributed by atoms with Crippen molar-refractivity contribution < 1.29 is 0 Å². The molecule has 1 atom stereocenters. The Balaban J connectivity index is 2.16. The van der Waals surface area contributed by atoms with E-state index in [1.807, 2.05) is 0 Å². The van der Waals surface area contributed by atoms with E-state index < -0.39 is 0 Å². The van der Waals surface area contributed by atoms with Crippen molar-refractivity contribution >= 4 is 5.69 Å². The van der Waals surface area contributed by atoms with Gasteiger partial charge in [0.1, 0.15) is 0 Å². The molecule has 2 nitrogen and oxygen atoms in total. The number of nitrogens with zero attached hydrogens (tertiary/aromatic N) is 1. The van der Waals surface area contributed by atoms with E-state index in [0.717, 1.165) is 19.4 Å². The van der Waals surface area contributed by atoms with Gasteiger partial charge in [0.15, 0.2) is 0 Å². The first-order chi connectivity index (χ1) is 7.20. The summed E-state index contributed by atoms with van der Waals surface area (Å²) in [6.07, 6.45) is 3.24. The van der Waals surface area contributed by atoms with Gasteiger partial charge in [-0.25, -0.2) is 0 Å². The van der Waals surface area contributed by atoms with Crippen molar-refractivity contribution in [2.24, 2.45) is 5.73 Å². The standard InChI is InChI=1S/C13H20N2/c1-3-12(14)9-10-4-5-13-11(8-10)6-7-15(13)2/h4-5,8,12H,3,6-7,9,14H2,1-2H3.